The van der Waals surface area contributed by atoms with Crippen LogP contribution in [0.1, 0.15) is 26.3 Å². The highest BCUT2D eigenvalue weighted by Gasteiger charge is 2.22. The van der Waals surface area contributed by atoms with Crippen LogP contribution in [0.15, 0.2) is 18.2 Å². The van der Waals surface area contributed by atoms with Gasteiger partial charge in [-0.2, -0.15) is 0 Å². The molecule has 25 heavy (non-hydrogen) atoms. The molecular formula is C15H18N4O5S. The molecule has 0 aliphatic carbocycles. The molecule has 0 fully saturated rings. The molecule has 0 radical (unpaired) electrons. The lowest BCUT2D eigenvalue weighted by Crippen LogP contribution is -2.51. The van der Waals surface area contributed by atoms with Crippen LogP contribution < -0.4 is 25.6 Å². The maximum absolute atomic E-state index is 11.8. The van der Waals surface area contributed by atoms with E-state index in [-0.39, 0.29) is 28.7 Å². The van der Waals surface area contributed by atoms with Crippen molar-refractivity contribution in [2.75, 3.05) is 6.79 Å². The van der Waals surface area contributed by atoms with Crippen LogP contribution in [0.4, 0.5) is 5.69 Å². The summed E-state index contributed by atoms with van der Waals surface area (Å²) in [5.74, 6) is 0.165. The van der Waals surface area contributed by atoms with E-state index in [0.29, 0.717) is 11.5 Å². The van der Waals surface area contributed by atoms with Gasteiger partial charge in [-0.15, -0.1) is 0 Å². The van der Waals surface area contributed by atoms with Crippen LogP contribution in [-0.4, -0.2) is 28.3 Å². The molecule has 0 unspecified atom stereocenters. The molecular weight excluding hydrogens is 348 g/mol. The van der Waals surface area contributed by atoms with Gasteiger partial charge in [0.25, 0.3) is 11.6 Å². The number of nitrogens with zero attached hydrogens (tertiary/aromatic N) is 1. The first kappa shape index (κ1) is 18.5. The molecule has 0 bridgehead atoms. The molecule has 3 N–H and O–H groups in total. The van der Waals surface area contributed by atoms with E-state index in [4.69, 9.17) is 21.7 Å². The predicted molar refractivity (Wildman–Crippen MR) is 95.0 cm³/mol. The number of nitro groups is 1. The number of hydrazine groups is 1. The minimum atomic E-state index is -0.555. The van der Waals surface area contributed by atoms with Gasteiger partial charge in [0, 0.05) is 11.6 Å². The Morgan fingerprint density at radius 1 is 1.28 bits per heavy atom. The number of benzene rings is 1. The summed E-state index contributed by atoms with van der Waals surface area (Å²) in [4.78, 5) is 22.4. The summed E-state index contributed by atoms with van der Waals surface area (Å²) in [7, 11) is 0. The van der Waals surface area contributed by atoms with Gasteiger partial charge in [-0.3, -0.25) is 25.8 Å². The molecule has 0 spiro atoms. The van der Waals surface area contributed by atoms with E-state index in [1.54, 1.807) is 0 Å². The second kappa shape index (κ2) is 7.34. The minimum Gasteiger partial charge on any atom is -0.454 e. The number of hydrogen-bond donors (Lipinski definition) is 3. The lowest BCUT2D eigenvalue weighted by atomic mass is 10.1. The highest BCUT2D eigenvalue weighted by molar-refractivity contribution is 7.80. The number of thiocarbonyl (C=S) groups is 1. The Balaban J connectivity index is 2.02. The van der Waals surface area contributed by atoms with Crippen molar-refractivity contribution < 1.29 is 19.2 Å². The summed E-state index contributed by atoms with van der Waals surface area (Å²) in [6.07, 6.45) is 2.47. The van der Waals surface area contributed by atoms with Gasteiger partial charge in [0.1, 0.15) is 0 Å². The minimum absolute atomic E-state index is 0.00226. The third-order valence-corrected chi connectivity index (χ3v) is 3.12. The van der Waals surface area contributed by atoms with Crippen LogP contribution in [0, 0.1) is 10.1 Å². The van der Waals surface area contributed by atoms with Crippen molar-refractivity contribution in [3.05, 3.63) is 33.9 Å². The highest BCUT2D eigenvalue weighted by Crippen LogP contribution is 2.38. The zero-order chi connectivity index (χ0) is 18.6. The van der Waals surface area contributed by atoms with Crippen molar-refractivity contribution in [1.82, 2.24) is 16.2 Å². The van der Waals surface area contributed by atoms with Crippen molar-refractivity contribution in [3.8, 4) is 11.5 Å². The molecule has 0 saturated carbocycles. The summed E-state index contributed by atoms with van der Waals surface area (Å²) in [5, 5.41) is 14.4. The topological polar surface area (TPSA) is 115 Å². The van der Waals surface area contributed by atoms with Crippen LogP contribution in [0.5, 0.6) is 11.5 Å². The number of nitrogens with one attached hydrogen (secondary N) is 3. The van der Waals surface area contributed by atoms with Gasteiger partial charge in [-0.05, 0) is 45.1 Å². The quantitative estimate of drug-likeness (QED) is 0.320. The SMILES string of the molecule is CC(C)(C)NC(=S)NNC(=O)/C=C/c1cc2c(cc1[N+](=O)[O-])OCO2. The van der Waals surface area contributed by atoms with Gasteiger partial charge in [0.15, 0.2) is 16.6 Å². The number of nitro benzene ring substituents is 1. The molecule has 9 nitrogen and oxygen atoms in total. The number of carbonyl (C=O) groups is 1. The van der Waals surface area contributed by atoms with E-state index in [1.807, 2.05) is 20.8 Å². The van der Waals surface area contributed by atoms with Gasteiger partial charge < -0.3 is 14.8 Å². The Bertz CT molecular complexity index is 742. The van der Waals surface area contributed by atoms with Crippen molar-refractivity contribution in [3.63, 3.8) is 0 Å². The van der Waals surface area contributed by atoms with Gasteiger partial charge >= 0.3 is 0 Å². The van der Waals surface area contributed by atoms with Crippen LogP contribution in [-0.2, 0) is 4.79 Å². The fourth-order valence-electron chi connectivity index (χ4n) is 1.94. The largest absolute Gasteiger partial charge is 0.454 e. The highest BCUT2D eigenvalue weighted by atomic mass is 32.1. The van der Waals surface area contributed by atoms with E-state index in [0.717, 1.165) is 6.08 Å². The normalized spacial score (nSPS) is 12.8. The zero-order valence-corrected chi connectivity index (χ0v) is 14.7. The molecule has 1 amide bonds. The van der Waals surface area contributed by atoms with Crippen molar-refractivity contribution in [2.24, 2.45) is 0 Å². The summed E-state index contributed by atoms with van der Waals surface area (Å²) in [6, 6.07) is 2.71. The molecule has 1 aliphatic rings. The summed E-state index contributed by atoms with van der Waals surface area (Å²) in [6.45, 7) is 5.76. The molecule has 10 heteroatoms. The van der Waals surface area contributed by atoms with Crippen LogP contribution >= 0.6 is 12.2 Å². The maximum Gasteiger partial charge on any atom is 0.280 e. The van der Waals surface area contributed by atoms with Gasteiger partial charge in [0.05, 0.1) is 16.6 Å². The van der Waals surface area contributed by atoms with E-state index in [9.17, 15) is 14.9 Å². The summed E-state index contributed by atoms with van der Waals surface area (Å²) >= 11 is 5.03. The molecule has 1 aliphatic heterocycles. The predicted octanol–water partition coefficient (Wildman–Crippen LogP) is 1.63. The number of carbonyl (C=O) groups excluding carboxylic acids is 1. The van der Waals surface area contributed by atoms with Crippen molar-refractivity contribution >= 4 is 35.0 Å². The Kier molecular flexibility index (Phi) is 5.42. The average Bonchev–Trinajstić information content (AvgIpc) is 2.95. The number of ether oxygens (including phenoxy) is 2. The van der Waals surface area contributed by atoms with E-state index < -0.39 is 10.8 Å². The molecule has 134 valence electrons. The monoisotopic (exact) mass is 366 g/mol. The molecule has 2 rings (SSSR count). The maximum atomic E-state index is 11.8. The number of hydrogen-bond acceptors (Lipinski definition) is 6. The third-order valence-electron chi connectivity index (χ3n) is 2.92. The standard InChI is InChI=1S/C15H18N4O5S/c1-15(2,3)16-14(25)18-17-13(20)5-4-9-6-11-12(24-8-23-11)7-10(9)19(21)22/h4-7H,8H2,1-3H3,(H,17,20)(H2,16,18,25)/b5-4+. The fraction of sp³-hybridized carbons (Fsp3) is 0.333. The molecule has 0 atom stereocenters. The average molecular weight is 366 g/mol. The van der Waals surface area contributed by atoms with E-state index >= 15 is 0 Å². The zero-order valence-electron chi connectivity index (χ0n) is 13.9. The second-order valence-corrected chi connectivity index (χ2v) is 6.58. The Hall–Kier alpha value is -2.88. The van der Waals surface area contributed by atoms with E-state index in [2.05, 4.69) is 16.2 Å². The first-order valence-corrected chi connectivity index (χ1v) is 7.71. The smallest absolute Gasteiger partial charge is 0.280 e. The van der Waals surface area contributed by atoms with Crippen LogP contribution in [0.2, 0.25) is 0 Å². The molecule has 1 aromatic rings. The Morgan fingerprint density at radius 3 is 2.52 bits per heavy atom. The fourth-order valence-corrected chi connectivity index (χ4v) is 2.29. The Labute approximate surface area is 149 Å². The molecule has 0 aromatic heterocycles. The molecule has 1 heterocycles. The van der Waals surface area contributed by atoms with Gasteiger partial charge in [-0.25, -0.2) is 0 Å². The first-order valence-electron chi connectivity index (χ1n) is 7.30. The Morgan fingerprint density at radius 2 is 1.92 bits per heavy atom. The number of rotatable bonds is 3. The van der Waals surface area contributed by atoms with Gasteiger partial charge in [0.2, 0.25) is 6.79 Å². The summed E-state index contributed by atoms with van der Waals surface area (Å²) in [5.41, 5.74) is 4.70. The van der Waals surface area contributed by atoms with Crippen molar-refractivity contribution in [1.29, 1.82) is 0 Å². The molecule has 0 saturated heterocycles. The van der Waals surface area contributed by atoms with Crippen LogP contribution in [0.3, 0.4) is 0 Å². The second-order valence-electron chi connectivity index (χ2n) is 6.17. The van der Waals surface area contributed by atoms with Crippen molar-refractivity contribution in [2.45, 2.75) is 26.3 Å². The number of fused-ring (bicyclic) bond motifs is 1. The first-order chi connectivity index (χ1) is 11.7. The van der Waals surface area contributed by atoms with Gasteiger partial charge in [-0.1, -0.05) is 0 Å². The number of amides is 1. The summed E-state index contributed by atoms with van der Waals surface area (Å²) < 4.78 is 10.3. The third kappa shape index (κ3) is 5.31. The lowest BCUT2D eigenvalue weighted by molar-refractivity contribution is -0.385. The van der Waals surface area contributed by atoms with E-state index in [1.165, 1.54) is 18.2 Å². The lowest BCUT2D eigenvalue weighted by Gasteiger charge is -2.22. The molecule has 1 aromatic carbocycles. The van der Waals surface area contributed by atoms with Crippen LogP contribution in [0.25, 0.3) is 6.08 Å².